The summed E-state index contributed by atoms with van der Waals surface area (Å²) >= 11 is 0. The maximum atomic E-state index is 5.64. The number of piperazine rings is 1. The fourth-order valence-corrected chi connectivity index (χ4v) is 3.08. The van der Waals surface area contributed by atoms with Gasteiger partial charge < -0.3 is 14.6 Å². The minimum Gasteiger partial charge on any atom is -0.468 e. The molecule has 1 saturated carbocycles. The van der Waals surface area contributed by atoms with E-state index in [1.165, 1.54) is 57.5 Å². The van der Waals surface area contributed by atoms with Crippen LogP contribution in [-0.4, -0.2) is 49.1 Å². The second-order valence-electron chi connectivity index (χ2n) is 6.57. The van der Waals surface area contributed by atoms with E-state index in [0.717, 1.165) is 31.3 Å². The maximum absolute atomic E-state index is 5.64. The molecule has 1 saturated heterocycles. The molecule has 3 rings (SSSR count). The van der Waals surface area contributed by atoms with Crippen LogP contribution >= 0.6 is 0 Å². The monoisotopic (exact) mass is 291 g/mol. The number of hydrogen-bond donors (Lipinski definition) is 1. The fraction of sp³-hybridized carbons (Fsp3) is 0.765. The minimum absolute atomic E-state index is 0.859. The van der Waals surface area contributed by atoms with E-state index < -0.39 is 0 Å². The molecular weight excluding hydrogens is 262 g/mol. The van der Waals surface area contributed by atoms with Crippen LogP contribution in [0, 0.1) is 5.92 Å². The first-order valence-corrected chi connectivity index (χ1v) is 8.56. The predicted octanol–water partition coefficient (Wildman–Crippen LogP) is 2.31. The van der Waals surface area contributed by atoms with E-state index in [0.29, 0.717) is 0 Å². The van der Waals surface area contributed by atoms with Crippen LogP contribution in [-0.2, 0) is 13.1 Å². The number of hydrogen-bond acceptors (Lipinski definition) is 4. The predicted molar refractivity (Wildman–Crippen MR) is 85.1 cm³/mol. The molecule has 1 N–H and O–H groups in total. The van der Waals surface area contributed by atoms with Crippen LogP contribution in [0.4, 0.5) is 0 Å². The molecule has 1 aliphatic heterocycles. The van der Waals surface area contributed by atoms with Gasteiger partial charge >= 0.3 is 0 Å². The molecule has 4 nitrogen and oxygen atoms in total. The summed E-state index contributed by atoms with van der Waals surface area (Å²) in [6, 6.07) is 2.14. The van der Waals surface area contributed by atoms with Gasteiger partial charge in [-0.2, -0.15) is 0 Å². The van der Waals surface area contributed by atoms with Crippen molar-refractivity contribution in [2.45, 2.75) is 39.3 Å². The SMILES string of the molecule is CCCNCc1occc1CN1CCN(CC2CC2)CC1. The van der Waals surface area contributed by atoms with Crippen LogP contribution in [0.5, 0.6) is 0 Å². The van der Waals surface area contributed by atoms with Crippen LogP contribution in [0.25, 0.3) is 0 Å². The molecule has 21 heavy (non-hydrogen) atoms. The molecular formula is C17H29N3O. The summed E-state index contributed by atoms with van der Waals surface area (Å²) in [5, 5.41) is 3.43. The second kappa shape index (κ2) is 7.43. The highest BCUT2D eigenvalue weighted by Crippen LogP contribution is 2.30. The Kier molecular flexibility index (Phi) is 5.33. The zero-order valence-corrected chi connectivity index (χ0v) is 13.3. The third-order valence-electron chi connectivity index (χ3n) is 4.62. The van der Waals surface area contributed by atoms with E-state index in [1.54, 1.807) is 0 Å². The van der Waals surface area contributed by atoms with Gasteiger partial charge in [0.15, 0.2) is 0 Å². The molecule has 2 fully saturated rings. The molecule has 1 aliphatic carbocycles. The van der Waals surface area contributed by atoms with Crippen molar-refractivity contribution in [2.75, 3.05) is 39.3 Å². The van der Waals surface area contributed by atoms with Crippen molar-refractivity contribution in [1.29, 1.82) is 0 Å². The zero-order valence-electron chi connectivity index (χ0n) is 13.3. The Morgan fingerprint density at radius 3 is 2.67 bits per heavy atom. The van der Waals surface area contributed by atoms with Gasteiger partial charge in [-0.3, -0.25) is 4.90 Å². The quantitative estimate of drug-likeness (QED) is 0.745. The van der Waals surface area contributed by atoms with Crippen molar-refractivity contribution in [1.82, 2.24) is 15.1 Å². The molecule has 2 aliphatic rings. The highest BCUT2D eigenvalue weighted by Gasteiger charge is 2.26. The molecule has 0 bridgehead atoms. The van der Waals surface area contributed by atoms with Crippen molar-refractivity contribution in [3.63, 3.8) is 0 Å². The molecule has 4 heteroatoms. The van der Waals surface area contributed by atoms with Crippen LogP contribution in [0.3, 0.4) is 0 Å². The number of furan rings is 1. The lowest BCUT2D eigenvalue weighted by Crippen LogP contribution is -2.46. The Hall–Kier alpha value is -0.840. The molecule has 1 aromatic heterocycles. The molecule has 0 spiro atoms. The highest BCUT2D eigenvalue weighted by molar-refractivity contribution is 5.17. The van der Waals surface area contributed by atoms with Crippen molar-refractivity contribution in [3.05, 3.63) is 23.7 Å². The number of nitrogens with zero attached hydrogens (tertiary/aromatic N) is 2. The molecule has 2 heterocycles. The third-order valence-corrected chi connectivity index (χ3v) is 4.62. The zero-order chi connectivity index (χ0) is 14.5. The van der Waals surface area contributed by atoms with Crippen molar-refractivity contribution < 1.29 is 4.42 Å². The van der Waals surface area contributed by atoms with E-state index >= 15 is 0 Å². The van der Waals surface area contributed by atoms with Crippen molar-refractivity contribution >= 4 is 0 Å². The van der Waals surface area contributed by atoms with Crippen LogP contribution in [0.15, 0.2) is 16.7 Å². The van der Waals surface area contributed by atoms with Crippen LogP contribution in [0.2, 0.25) is 0 Å². The van der Waals surface area contributed by atoms with Gasteiger partial charge in [-0.15, -0.1) is 0 Å². The van der Waals surface area contributed by atoms with Gasteiger partial charge in [-0.05, 0) is 37.8 Å². The van der Waals surface area contributed by atoms with Gasteiger partial charge in [0.05, 0.1) is 12.8 Å². The number of rotatable bonds is 8. The molecule has 1 aromatic rings. The lowest BCUT2D eigenvalue weighted by Gasteiger charge is -2.34. The number of nitrogens with one attached hydrogen (secondary N) is 1. The summed E-state index contributed by atoms with van der Waals surface area (Å²) in [4.78, 5) is 5.21. The summed E-state index contributed by atoms with van der Waals surface area (Å²) in [5.74, 6) is 2.13. The maximum Gasteiger partial charge on any atom is 0.122 e. The summed E-state index contributed by atoms with van der Waals surface area (Å²) < 4.78 is 5.64. The van der Waals surface area contributed by atoms with Gasteiger partial charge in [0, 0.05) is 44.8 Å². The van der Waals surface area contributed by atoms with E-state index in [2.05, 4.69) is 28.1 Å². The van der Waals surface area contributed by atoms with Crippen molar-refractivity contribution in [3.8, 4) is 0 Å². The first kappa shape index (κ1) is 15.1. The van der Waals surface area contributed by atoms with Gasteiger partial charge in [0.1, 0.15) is 5.76 Å². The minimum atomic E-state index is 0.859. The first-order valence-electron chi connectivity index (χ1n) is 8.56. The Morgan fingerprint density at radius 2 is 1.95 bits per heavy atom. The molecule has 0 atom stereocenters. The Bertz CT molecular complexity index is 419. The largest absolute Gasteiger partial charge is 0.468 e. The topological polar surface area (TPSA) is 31.7 Å². The van der Waals surface area contributed by atoms with E-state index in [9.17, 15) is 0 Å². The average molecular weight is 291 g/mol. The summed E-state index contributed by atoms with van der Waals surface area (Å²) in [5.41, 5.74) is 1.36. The lowest BCUT2D eigenvalue weighted by atomic mass is 10.2. The molecule has 0 amide bonds. The summed E-state index contributed by atoms with van der Waals surface area (Å²) in [6.07, 6.45) is 5.92. The molecule has 0 aromatic carbocycles. The summed E-state index contributed by atoms with van der Waals surface area (Å²) in [7, 11) is 0. The van der Waals surface area contributed by atoms with E-state index in [-0.39, 0.29) is 0 Å². The normalized spacial score (nSPS) is 21.0. The van der Waals surface area contributed by atoms with Gasteiger partial charge in [0.2, 0.25) is 0 Å². The van der Waals surface area contributed by atoms with Gasteiger partial charge in [0.25, 0.3) is 0 Å². The Balaban J connectivity index is 1.43. The fourth-order valence-electron chi connectivity index (χ4n) is 3.08. The van der Waals surface area contributed by atoms with Crippen LogP contribution < -0.4 is 5.32 Å². The van der Waals surface area contributed by atoms with E-state index in [1.807, 2.05) is 6.26 Å². The van der Waals surface area contributed by atoms with Gasteiger partial charge in [-0.25, -0.2) is 0 Å². The van der Waals surface area contributed by atoms with E-state index in [4.69, 9.17) is 4.42 Å². The molecule has 0 radical (unpaired) electrons. The second-order valence-corrected chi connectivity index (χ2v) is 6.57. The highest BCUT2D eigenvalue weighted by atomic mass is 16.3. The third kappa shape index (κ3) is 4.56. The summed E-state index contributed by atoms with van der Waals surface area (Å²) in [6.45, 7) is 11.3. The molecule has 0 unspecified atom stereocenters. The first-order chi connectivity index (χ1) is 10.3. The van der Waals surface area contributed by atoms with Crippen LogP contribution in [0.1, 0.15) is 37.5 Å². The lowest BCUT2D eigenvalue weighted by molar-refractivity contribution is 0.123. The Labute approximate surface area is 128 Å². The van der Waals surface area contributed by atoms with Crippen molar-refractivity contribution in [2.24, 2.45) is 5.92 Å². The average Bonchev–Trinajstić information content (AvgIpc) is 3.21. The molecule has 118 valence electrons. The van der Waals surface area contributed by atoms with Gasteiger partial charge in [-0.1, -0.05) is 6.92 Å². The standard InChI is InChI=1S/C17H29N3O/c1-2-6-18-12-17-16(5-11-21-17)14-20-9-7-19(8-10-20)13-15-3-4-15/h5,11,15,18H,2-4,6-10,12-14H2,1H3. The Morgan fingerprint density at radius 1 is 1.19 bits per heavy atom. The smallest absolute Gasteiger partial charge is 0.122 e.